The van der Waals surface area contributed by atoms with Crippen molar-refractivity contribution in [3.05, 3.63) is 30.1 Å². The van der Waals surface area contributed by atoms with Crippen LogP contribution in [0.2, 0.25) is 0 Å². The van der Waals surface area contributed by atoms with Crippen LogP contribution in [0.25, 0.3) is 0 Å². The number of nitrogens with one attached hydrogen (secondary N) is 1. The Kier molecular flexibility index (Phi) is 4.38. The first-order valence-corrected chi connectivity index (χ1v) is 9.35. The molecule has 1 aromatic heterocycles. The summed E-state index contributed by atoms with van der Waals surface area (Å²) in [5.74, 6) is -2.42. The number of carboxylic acid groups (broad SMARTS) is 1. The van der Waals surface area contributed by atoms with E-state index in [2.05, 4.69) is 10.3 Å². The van der Waals surface area contributed by atoms with E-state index < -0.39 is 23.3 Å². The number of amides is 2. The Morgan fingerprint density at radius 2 is 2.00 bits per heavy atom. The predicted octanol–water partition coefficient (Wildman–Crippen LogP) is -0.0482. The summed E-state index contributed by atoms with van der Waals surface area (Å²) in [6.45, 7) is 1.66. The molecule has 0 bridgehead atoms. The SMILES string of the molecule is NC(=O)C1CC12CNC(C(=O)N1CCC(c3ccncc3)C1)C(C(=O)O)C2. The Morgan fingerprint density at radius 1 is 1.26 bits per heavy atom. The highest BCUT2D eigenvalue weighted by Crippen LogP contribution is 2.58. The Labute approximate surface area is 157 Å². The van der Waals surface area contributed by atoms with Crippen molar-refractivity contribution >= 4 is 17.8 Å². The van der Waals surface area contributed by atoms with Crippen molar-refractivity contribution in [3.8, 4) is 0 Å². The number of nitrogens with zero attached hydrogens (tertiary/aromatic N) is 2. The second-order valence-electron chi connectivity index (χ2n) is 8.08. The smallest absolute Gasteiger partial charge is 0.308 e. The highest BCUT2D eigenvalue weighted by Gasteiger charge is 2.62. The number of rotatable bonds is 4. The van der Waals surface area contributed by atoms with Crippen molar-refractivity contribution in [1.29, 1.82) is 0 Å². The fourth-order valence-corrected chi connectivity index (χ4v) is 4.81. The molecule has 3 fully saturated rings. The zero-order valence-electron chi connectivity index (χ0n) is 15.0. The summed E-state index contributed by atoms with van der Waals surface area (Å²) in [4.78, 5) is 42.1. The summed E-state index contributed by atoms with van der Waals surface area (Å²) in [6, 6.07) is 3.16. The number of carbonyl (C=O) groups excluding carboxylic acids is 2. The molecule has 5 atom stereocenters. The van der Waals surface area contributed by atoms with Crippen molar-refractivity contribution < 1.29 is 19.5 Å². The van der Waals surface area contributed by atoms with Crippen LogP contribution >= 0.6 is 0 Å². The van der Waals surface area contributed by atoms with Crippen molar-refractivity contribution in [1.82, 2.24) is 15.2 Å². The standard InChI is InChI=1S/C19H24N4O4/c20-16(24)14-8-19(14)7-13(18(26)27)15(22-10-19)17(25)23-6-3-12(9-23)11-1-4-21-5-2-11/h1-2,4-5,12-15,22H,3,6-10H2,(H2,20,24)(H,26,27). The van der Waals surface area contributed by atoms with Crippen molar-refractivity contribution in [2.24, 2.45) is 23.0 Å². The van der Waals surface area contributed by atoms with Crippen LogP contribution < -0.4 is 11.1 Å². The molecule has 3 heterocycles. The molecule has 1 aliphatic carbocycles. The van der Waals surface area contributed by atoms with E-state index >= 15 is 0 Å². The van der Waals surface area contributed by atoms with Crippen LogP contribution in [-0.4, -0.2) is 58.5 Å². The zero-order valence-corrected chi connectivity index (χ0v) is 15.0. The number of pyridine rings is 1. The molecule has 1 spiro atoms. The van der Waals surface area contributed by atoms with E-state index in [0.29, 0.717) is 32.5 Å². The van der Waals surface area contributed by atoms with E-state index in [-0.39, 0.29) is 23.7 Å². The summed E-state index contributed by atoms with van der Waals surface area (Å²) in [6.07, 6.45) is 5.27. The minimum absolute atomic E-state index is 0.162. The number of piperidine rings is 1. The lowest BCUT2D eigenvalue weighted by atomic mass is 9.80. The third kappa shape index (κ3) is 3.18. The predicted molar refractivity (Wildman–Crippen MR) is 95.4 cm³/mol. The summed E-state index contributed by atoms with van der Waals surface area (Å²) in [5.41, 5.74) is 6.15. The van der Waals surface area contributed by atoms with Crippen LogP contribution in [0.3, 0.4) is 0 Å². The minimum Gasteiger partial charge on any atom is -0.481 e. The second-order valence-corrected chi connectivity index (χ2v) is 8.08. The maximum Gasteiger partial charge on any atom is 0.308 e. The largest absolute Gasteiger partial charge is 0.481 e. The lowest BCUT2D eigenvalue weighted by Gasteiger charge is -2.36. The molecule has 1 saturated carbocycles. The number of hydrogen-bond donors (Lipinski definition) is 3. The molecule has 3 aliphatic rings. The molecule has 0 aromatic carbocycles. The van der Waals surface area contributed by atoms with Crippen LogP contribution in [0.4, 0.5) is 0 Å². The number of hydrogen-bond acceptors (Lipinski definition) is 5. The molecule has 8 heteroatoms. The molecule has 0 radical (unpaired) electrons. The van der Waals surface area contributed by atoms with Crippen molar-refractivity contribution in [2.45, 2.75) is 31.2 Å². The molecule has 5 unspecified atom stereocenters. The molecule has 2 saturated heterocycles. The van der Waals surface area contributed by atoms with Gasteiger partial charge in [-0.25, -0.2) is 0 Å². The normalized spacial score (nSPS) is 35.2. The molecule has 2 aliphatic heterocycles. The fourth-order valence-electron chi connectivity index (χ4n) is 4.81. The van der Waals surface area contributed by atoms with Gasteiger partial charge >= 0.3 is 5.97 Å². The van der Waals surface area contributed by atoms with Gasteiger partial charge in [-0.1, -0.05) is 0 Å². The monoisotopic (exact) mass is 372 g/mol. The molecule has 4 rings (SSSR count). The van der Waals surface area contributed by atoms with E-state index in [1.165, 1.54) is 0 Å². The van der Waals surface area contributed by atoms with Gasteiger partial charge in [0.2, 0.25) is 11.8 Å². The van der Waals surface area contributed by atoms with E-state index in [9.17, 15) is 19.5 Å². The molecule has 8 nitrogen and oxygen atoms in total. The summed E-state index contributed by atoms with van der Waals surface area (Å²) in [5, 5.41) is 12.8. The first-order valence-electron chi connectivity index (χ1n) is 9.35. The van der Waals surface area contributed by atoms with Gasteiger partial charge in [-0.2, -0.15) is 0 Å². The van der Waals surface area contributed by atoms with Gasteiger partial charge in [0.15, 0.2) is 0 Å². The Balaban J connectivity index is 1.44. The van der Waals surface area contributed by atoms with Gasteiger partial charge < -0.3 is 21.1 Å². The van der Waals surface area contributed by atoms with Crippen molar-refractivity contribution in [2.75, 3.05) is 19.6 Å². The second kappa shape index (κ2) is 6.60. The van der Waals surface area contributed by atoms with Gasteiger partial charge in [0, 0.05) is 43.9 Å². The molecule has 2 amide bonds. The third-order valence-corrected chi connectivity index (χ3v) is 6.50. The highest BCUT2D eigenvalue weighted by molar-refractivity contribution is 5.89. The summed E-state index contributed by atoms with van der Waals surface area (Å²) in [7, 11) is 0. The molecular formula is C19H24N4O4. The van der Waals surface area contributed by atoms with Gasteiger partial charge in [-0.05, 0) is 42.4 Å². The van der Waals surface area contributed by atoms with E-state index in [1.54, 1.807) is 17.3 Å². The molecule has 4 N–H and O–H groups in total. The average Bonchev–Trinajstić information content (AvgIpc) is 3.14. The molecular weight excluding hydrogens is 348 g/mol. The maximum atomic E-state index is 13.0. The van der Waals surface area contributed by atoms with Crippen LogP contribution in [0, 0.1) is 17.3 Å². The lowest BCUT2D eigenvalue weighted by Crippen LogP contribution is -2.57. The number of aromatic nitrogens is 1. The first-order chi connectivity index (χ1) is 12.9. The molecule has 144 valence electrons. The third-order valence-electron chi connectivity index (χ3n) is 6.50. The lowest BCUT2D eigenvalue weighted by molar-refractivity contribution is -0.150. The van der Waals surface area contributed by atoms with Gasteiger partial charge in [0.05, 0.1) is 5.92 Å². The highest BCUT2D eigenvalue weighted by atomic mass is 16.4. The minimum atomic E-state index is -1.00. The van der Waals surface area contributed by atoms with E-state index in [0.717, 1.165) is 12.0 Å². The summed E-state index contributed by atoms with van der Waals surface area (Å²) < 4.78 is 0. The first kappa shape index (κ1) is 17.9. The topological polar surface area (TPSA) is 126 Å². The van der Waals surface area contributed by atoms with Gasteiger partial charge in [-0.3, -0.25) is 19.4 Å². The van der Waals surface area contributed by atoms with E-state index in [1.807, 2.05) is 12.1 Å². The van der Waals surface area contributed by atoms with Crippen LogP contribution in [0.15, 0.2) is 24.5 Å². The molecule has 1 aromatic rings. The number of carbonyl (C=O) groups is 3. The number of nitrogens with two attached hydrogens (primary N) is 1. The average molecular weight is 372 g/mol. The number of aliphatic carboxylic acids is 1. The summed E-state index contributed by atoms with van der Waals surface area (Å²) >= 11 is 0. The van der Waals surface area contributed by atoms with E-state index in [4.69, 9.17) is 5.73 Å². The molecule has 27 heavy (non-hydrogen) atoms. The zero-order chi connectivity index (χ0) is 19.2. The maximum absolute atomic E-state index is 13.0. The van der Waals surface area contributed by atoms with Gasteiger partial charge in [0.1, 0.15) is 6.04 Å². The Bertz CT molecular complexity index is 770. The van der Waals surface area contributed by atoms with Crippen LogP contribution in [0.5, 0.6) is 0 Å². The van der Waals surface area contributed by atoms with Crippen LogP contribution in [-0.2, 0) is 14.4 Å². The number of primary amides is 1. The fraction of sp³-hybridized carbons (Fsp3) is 0.579. The van der Waals surface area contributed by atoms with Gasteiger partial charge in [0.25, 0.3) is 0 Å². The van der Waals surface area contributed by atoms with Gasteiger partial charge in [-0.15, -0.1) is 0 Å². The number of carboxylic acids is 1. The number of likely N-dealkylation sites (tertiary alicyclic amines) is 1. The van der Waals surface area contributed by atoms with Crippen molar-refractivity contribution in [3.63, 3.8) is 0 Å². The Hall–Kier alpha value is -2.48. The van der Waals surface area contributed by atoms with Crippen LogP contribution in [0.1, 0.15) is 30.7 Å². The quantitative estimate of drug-likeness (QED) is 0.680. The Morgan fingerprint density at radius 3 is 2.63 bits per heavy atom.